The zero-order valence-electron chi connectivity index (χ0n) is 22.6. The van der Waals surface area contributed by atoms with Gasteiger partial charge in [-0.25, -0.2) is 0 Å². The number of fused-ring (bicyclic) bond motifs is 1. The van der Waals surface area contributed by atoms with Gasteiger partial charge in [-0.2, -0.15) is 0 Å². The fraction of sp³-hybridized carbons (Fsp3) is 0.621. The zero-order chi connectivity index (χ0) is 27.0. The third-order valence-corrected chi connectivity index (χ3v) is 9.06. The van der Waals surface area contributed by atoms with Gasteiger partial charge in [-0.15, -0.1) is 0 Å². The first-order valence-electron chi connectivity index (χ1n) is 13.7. The Balaban J connectivity index is 1.40. The molecule has 2 saturated heterocycles. The molecule has 8 unspecified atom stereocenters. The van der Waals surface area contributed by atoms with E-state index in [1.54, 1.807) is 43.4 Å². The topological polar surface area (TPSA) is 106 Å². The number of hydrogen-bond acceptors (Lipinski definition) is 6. The van der Waals surface area contributed by atoms with E-state index in [1.807, 2.05) is 12.2 Å². The van der Waals surface area contributed by atoms with Crippen LogP contribution in [0, 0.1) is 23.7 Å². The fourth-order valence-corrected chi connectivity index (χ4v) is 6.83. The summed E-state index contributed by atoms with van der Waals surface area (Å²) in [7, 11) is 3.19. The lowest BCUT2D eigenvalue weighted by Crippen LogP contribution is -2.58. The molecule has 38 heavy (non-hydrogen) atoms. The average molecular weight is 526 g/mol. The van der Waals surface area contributed by atoms with Crippen LogP contribution >= 0.6 is 0 Å². The van der Waals surface area contributed by atoms with Crippen LogP contribution in [0.4, 0.5) is 5.69 Å². The van der Waals surface area contributed by atoms with E-state index in [0.717, 1.165) is 19.3 Å². The van der Waals surface area contributed by atoms with Crippen molar-refractivity contribution < 1.29 is 28.6 Å². The van der Waals surface area contributed by atoms with E-state index >= 15 is 0 Å². The van der Waals surface area contributed by atoms with E-state index in [4.69, 9.17) is 14.2 Å². The molecule has 1 saturated carbocycles. The number of amides is 3. The second-order valence-corrected chi connectivity index (χ2v) is 11.2. The van der Waals surface area contributed by atoms with Gasteiger partial charge in [0.15, 0.2) is 0 Å². The van der Waals surface area contributed by atoms with Crippen LogP contribution in [0.5, 0.6) is 5.75 Å². The van der Waals surface area contributed by atoms with Crippen LogP contribution in [0.1, 0.15) is 39.5 Å². The number of nitrogens with zero attached hydrogens (tertiary/aromatic N) is 1. The molecule has 9 nitrogen and oxygen atoms in total. The molecular weight excluding hydrogens is 486 g/mol. The molecule has 3 aliphatic heterocycles. The number of anilines is 1. The quantitative estimate of drug-likeness (QED) is 0.379. The standard InChI is InChI=1S/C29H39N3O6/c1-17-7-5-8-21(18(17)2)31-27(34)25-29-14-13-22(38-29)23(24(29)28(35)32(25)15-6-16-36-3)26(33)30-19-9-11-20(37-4)12-10-19/h9-14,17-18,21-25H,5-8,15-16H2,1-4H3,(H,30,33)(H,31,34). The highest BCUT2D eigenvalue weighted by Gasteiger charge is 2.72. The van der Waals surface area contributed by atoms with E-state index in [2.05, 4.69) is 24.5 Å². The maximum Gasteiger partial charge on any atom is 0.246 e. The lowest BCUT2D eigenvalue weighted by molar-refractivity contribution is -0.141. The maximum atomic E-state index is 13.9. The minimum absolute atomic E-state index is 0.0503. The molecule has 1 aromatic carbocycles. The Kier molecular flexibility index (Phi) is 7.51. The van der Waals surface area contributed by atoms with Crippen molar-refractivity contribution in [1.29, 1.82) is 0 Å². The summed E-state index contributed by atoms with van der Waals surface area (Å²) in [6.45, 7) is 5.23. The van der Waals surface area contributed by atoms with Crippen molar-refractivity contribution in [2.45, 2.75) is 63.3 Å². The van der Waals surface area contributed by atoms with E-state index in [0.29, 0.717) is 42.8 Å². The van der Waals surface area contributed by atoms with Gasteiger partial charge in [0.05, 0.1) is 25.0 Å². The smallest absolute Gasteiger partial charge is 0.246 e. The Morgan fingerprint density at radius 2 is 1.89 bits per heavy atom. The Morgan fingerprint density at radius 3 is 2.61 bits per heavy atom. The van der Waals surface area contributed by atoms with Crippen LogP contribution in [0.15, 0.2) is 36.4 Å². The van der Waals surface area contributed by atoms with Crippen LogP contribution in [-0.2, 0) is 23.9 Å². The summed E-state index contributed by atoms with van der Waals surface area (Å²) in [5, 5.41) is 6.21. The minimum Gasteiger partial charge on any atom is -0.497 e. The largest absolute Gasteiger partial charge is 0.497 e. The van der Waals surface area contributed by atoms with Gasteiger partial charge in [0.1, 0.15) is 17.4 Å². The average Bonchev–Trinajstić information content (AvgIpc) is 3.55. The second kappa shape index (κ2) is 10.7. The highest BCUT2D eigenvalue weighted by Crippen LogP contribution is 2.55. The molecule has 0 radical (unpaired) electrons. The van der Waals surface area contributed by atoms with Crippen LogP contribution in [0.3, 0.4) is 0 Å². The summed E-state index contributed by atoms with van der Waals surface area (Å²) < 4.78 is 16.8. The Hall–Kier alpha value is -2.91. The van der Waals surface area contributed by atoms with E-state index < -0.39 is 29.6 Å². The molecule has 3 fully saturated rings. The summed E-state index contributed by atoms with van der Waals surface area (Å²) in [5.74, 6) is -0.660. The highest BCUT2D eigenvalue weighted by molar-refractivity contribution is 6.02. The molecule has 1 spiro atoms. The molecule has 0 aromatic heterocycles. The third-order valence-electron chi connectivity index (χ3n) is 9.06. The van der Waals surface area contributed by atoms with Crippen LogP contribution in [0.25, 0.3) is 0 Å². The first kappa shape index (κ1) is 26.7. The second-order valence-electron chi connectivity index (χ2n) is 11.2. The number of nitrogens with one attached hydrogen (secondary N) is 2. The van der Waals surface area contributed by atoms with Crippen molar-refractivity contribution in [3.05, 3.63) is 36.4 Å². The number of rotatable bonds is 9. The molecule has 4 aliphatic rings. The van der Waals surface area contributed by atoms with E-state index in [1.165, 1.54) is 0 Å². The number of likely N-dealkylation sites (tertiary alicyclic amines) is 1. The van der Waals surface area contributed by atoms with Gasteiger partial charge in [-0.05, 0) is 48.9 Å². The molecule has 5 rings (SSSR count). The molecule has 2 bridgehead atoms. The van der Waals surface area contributed by atoms with Crippen molar-refractivity contribution >= 4 is 23.4 Å². The minimum atomic E-state index is -1.16. The lowest BCUT2D eigenvalue weighted by atomic mass is 9.73. The maximum absolute atomic E-state index is 13.9. The summed E-state index contributed by atoms with van der Waals surface area (Å²) in [6, 6.07) is 6.26. The Labute approximate surface area is 224 Å². The van der Waals surface area contributed by atoms with Gasteiger partial charge in [0.25, 0.3) is 0 Å². The van der Waals surface area contributed by atoms with Crippen molar-refractivity contribution in [2.24, 2.45) is 23.7 Å². The Morgan fingerprint density at radius 1 is 1.13 bits per heavy atom. The van der Waals surface area contributed by atoms with Crippen LogP contribution in [0.2, 0.25) is 0 Å². The molecule has 3 amide bonds. The summed E-state index contributed by atoms with van der Waals surface area (Å²) in [4.78, 5) is 43.0. The molecule has 2 N–H and O–H groups in total. The van der Waals surface area contributed by atoms with Crippen molar-refractivity contribution in [2.75, 3.05) is 32.7 Å². The lowest BCUT2D eigenvalue weighted by Gasteiger charge is -2.38. The van der Waals surface area contributed by atoms with Crippen molar-refractivity contribution in [3.63, 3.8) is 0 Å². The number of benzene rings is 1. The van der Waals surface area contributed by atoms with Gasteiger partial charge in [-0.1, -0.05) is 38.8 Å². The summed E-state index contributed by atoms with van der Waals surface area (Å²) >= 11 is 0. The van der Waals surface area contributed by atoms with Gasteiger partial charge < -0.3 is 29.7 Å². The number of ether oxygens (including phenoxy) is 3. The fourth-order valence-electron chi connectivity index (χ4n) is 6.83. The van der Waals surface area contributed by atoms with E-state index in [9.17, 15) is 14.4 Å². The van der Waals surface area contributed by atoms with Gasteiger partial charge in [0.2, 0.25) is 17.7 Å². The van der Waals surface area contributed by atoms with Gasteiger partial charge in [-0.3, -0.25) is 14.4 Å². The molecule has 8 atom stereocenters. The van der Waals surface area contributed by atoms with Crippen LogP contribution in [-0.4, -0.2) is 73.8 Å². The summed E-state index contributed by atoms with van der Waals surface area (Å²) in [5.41, 5.74) is -0.557. The molecule has 1 aromatic rings. The number of carbonyl (C=O) groups is 3. The molecule has 3 heterocycles. The van der Waals surface area contributed by atoms with Crippen LogP contribution < -0.4 is 15.4 Å². The molecule has 1 aliphatic carbocycles. The normalized spacial score (nSPS) is 35.3. The first-order valence-corrected chi connectivity index (χ1v) is 13.7. The zero-order valence-corrected chi connectivity index (χ0v) is 22.6. The predicted molar refractivity (Wildman–Crippen MR) is 141 cm³/mol. The first-order chi connectivity index (χ1) is 18.3. The third kappa shape index (κ3) is 4.49. The monoisotopic (exact) mass is 525 g/mol. The molecule has 206 valence electrons. The number of carbonyl (C=O) groups excluding carboxylic acids is 3. The highest BCUT2D eigenvalue weighted by atomic mass is 16.5. The van der Waals surface area contributed by atoms with Crippen molar-refractivity contribution in [1.82, 2.24) is 10.2 Å². The molecule has 9 heteroatoms. The number of hydrogen-bond donors (Lipinski definition) is 2. The Bertz CT molecular complexity index is 1090. The van der Waals surface area contributed by atoms with Gasteiger partial charge >= 0.3 is 0 Å². The molecular formula is C29H39N3O6. The SMILES string of the molecule is COCCCN1C(=O)C2C(C(=O)Nc3ccc(OC)cc3)C3C=CC2(O3)C1C(=O)NC1CCCC(C)C1C. The summed E-state index contributed by atoms with van der Waals surface area (Å²) in [6.07, 6.45) is 6.86. The van der Waals surface area contributed by atoms with Gasteiger partial charge in [0, 0.05) is 32.0 Å². The van der Waals surface area contributed by atoms with E-state index in [-0.39, 0.29) is 23.8 Å². The van der Waals surface area contributed by atoms with Crippen molar-refractivity contribution in [3.8, 4) is 5.75 Å². The predicted octanol–water partition coefficient (Wildman–Crippen LogP) is 2.76. The number of methoxy groups -OCH3 is 2.